The first-order valence-corrected chi connectivity index (χ1v) is 6.03. The van der Waals surface area contributed by atoms with Crippen LogP contribution in [0.3, 0.4) is 0 Å². The fourth-order valence-corrected chi connectivity index (χ4v) is 1.38. The third kappa shape index (κ3) is 11.9. The molecular formula is C11H27N3. The molecule has 0 bridgehead atoms. The number of hydrogen-bond acceptors (Lipinski definition) is 3. The van der Waals surface area contributed by atoms with Crippen LogP contribution < -0.4 is 16.4 Å². The highest BCUT2D eigenvalue weighted by Crippen LogP contribution is 2.00. The monoisotopic (exact) mass is 201 g/mol. The van der Waals surface area contributed by atoms with Crippen molar-refractivity contribution in [2.24, 2.45) is 5.73 Å². The average molecular weight is 201 g/mol. The van der Waals surface area contributed by atoms with Crippen LogP contribution in [0.4, 0.5) is 0 Å². The van der Waals surface area contributed by atoms with E-state index < -0.39 is 0 Å². The van der Waals surface area contributed by atoms with Crippen molar-refractivity contribution >= 4 is 0 Å². The van der Waals surface area contributed by atoms with Gasteiger partial charge in [-0.25, -0.2) is 0 Å². The van der Waals surface area contributed by atoms with Gasteiger partial charge in [0, 0.05) is 26.2 Å². The molecule has 0 atom stereocenters. The second-order valence-corrected chi connectivity index (χ2v) is 3.70. The zero-order valence-electron chi connectivity index (χ0n) is 9.65. The van der Waals surface area contributed by atoms with Gasteiger partial charge in [0.25, 0.3) is 0 Å². The molecule has 0 aliphatic rings. The Kier molecular flexibility index (Phi) is 12.8. The second kappa shape index (κ2) is 12.9. The molecule has 0 unspecified atom stereocenters. The Morgan fingerprint density at radius 2 is 1.43 bits per heavy atom. The molecule has 0 aliphatic heterocycles. The summed E-state index contributed by atoms with van der Waals surface area (Å²) in [5.74, 6) is 0. The summed E-state index contributed by atoms with van der Waals surface area (Å²) in [6.07, 6.45) is 6.80. The molecule has 0 rings (SSSR count). The van der Waals surface area contributed by atoms with Crippen molar-refractivity contribution in [1.29, 1.82) is 0 Å². The van der Waals surface area contributed by atoms with Crippen molar-refractivity contribution in [3.63, 3.8) is 0 Å². The first-order valence-electron chi connectivity index (χ1n) is 6.03. The molecule has 0 aromatic carbocycles. The standard InChI is InChI=1S/C11H27N3/c1-2-3-4-5-6-8-13-10-11-14-9-7-12/h13-14H,2-12H2,1H3. The molecule has 0 heterocycles. The van der Waals surface area contributed by atoms with E-state index in [0.717, 1.165) is 32.7 Å². The molecule has 0 aromatic rings. The first-order chi connectivity index (χ1) is 6.91. The number of nitrogens with two attached hydrogens (primary N) is 1. The van der Waals surface area contributed by atoms with Gasteiger partial charge < -0.3 is 16.4 Å². The van der Waals surface area contributed by atoms with Gasteiger partial charge in [-0.15, -0.1) is 0 Å². The maximum absolute atomic E-state index is 5.35. The largest absolute Gasteiger partial charge is 0.329 e. The van der Waals surface area contributed by atoms with E-state index in [4.69, 9.17) is 5.73 Å². The summed E-state index contributed by atoms with van der Waals surface area (Å²) in [5.41, 5.74) is 5.35. The van der Waals surface area contributed by atoms with Crippen molar-refractivity contribution in [2.45, 2.75) is 39.0 Å². The van der Waals surface area contributed by atoms with Crippen molar-refractivity contribution in [3.8, 4) is 0 Å². The Morgan fingerprint density at radius 1 is 0.786 bits per heavy atom. The van der Waals surface area contributed by atoms with Crippen molar-refractivity contribution < 1.29 is 0 Å². The van der Waals surface area contributed by atoms with Crippen LogP contribution in [0.2, 0.25) is 0 Å². The van der Waals surface area contributed by atoms with Crippen LogP contribution in [-0.4, -0.2) is 32.7 Å². The van der Waals surface area contributed by atoms with Crippen molar-refractivity contribution in [3.05, 3.63) is 0 Å². The normalized spacial score (nSPS) is 10.7. The fraction of sp³-hybridized carbons (Fsp3) is 1.00. The minimum Gasteiger partial charge on any atom is -0.329 e. The average Bonchev–Trinajstić information content (AvgIpc) is 2.21. The van der Waals surface area contributed by atoms with Gasteiger partial charge in [0.05, 0.1) is 0 Å². The first kappa shape index (κ1) is 13.9. The lowest BCUT2D eigenvalue weighted by atomic mass is 10.1. The molecule has 0 spiro atoms. The lowest BCUT2D eigenvalue weighted by Gasteiger charge is -2.05. The molecule has 0 aliphatic carbocycles. The van der Waals surface area contributed by atoms with Gasteiger partial charge in [-0.05, 0) is 13.0 Å². The Labute approximate surface area is 88.8 Å². The van der Waals surface area contributed by atoms with Gasteiger partial charge in [-0.2, -0.15) is 0 Å². The quantitative estimate of drug-likeness (QED) is 0.439. The van der Waals surface area contributed by atoms with Crippen LogP contribution in [-0.2, 0) is 0 Å². The van der Waals surface area contributed by atoms with Crippen LogP contribution in [0.1, 0.15) is 39.0 Å². The summed E-state index contributed by atoms with van der Waals surface area (Å²) in [4.78, 5) is 0. The van der Waals surface area contributed by atoms with E-state index in [1.54, 1.807) is 0 Å². The highest BCUT2D eigenvalue weighted by Gasteiger charge is 1.89. The summed E-state index contributed by atoms with van der Waals surface area (Å²) in [6.45, 7) is 7.17. The lowest BCUT2D eigenvalue weighted by molar-refractivity contribution is 0.566. The summed E-state index contributed by atoms with van der Waals surface area (Å²) in [7, 11) is 0. The van der Waals surface area contributed by atoms with Crippen molar-refractivity contribution in [2.75, 3.05) is 32.7 Å². The maximum Gasteiger partial charge on any atom is 0.00772 e. The van der Waals surface area contributed by atoms with E-state index in [2.05, 4.69) is 17.6 Å². The molecule has 0 saturated heterocycles. The van der Waals surface area contributed by atoms with Crippen LogP contribution in [0, 0.1) is 0 Å². The Bertz CT molecular complexity index is 84.5. The van der Waals surface area contributed by atoms with Gasteiger partial charge in [0.1, 0.15) is 0 Å². The summed E-state index contributed by atoms with van der Waals surface area (Å²) >= 11 is 0. The highest BCUT2D eigenvalue weighted by atomic mass is 14.9. The fourth-order valence-electron chi connectivity index (χ4n) is 1.38. The molecule has 14 heavy (non-hydrogen) atoms. The summed E-state index contributed by atoms with van der Waals surface area (Å²) in [5, 5.41) is 6.68. The molecule has 0 aromatic heterocycles. The van der Waals surface area contributed by atoms with Crippen LogP contribution >= 0.6 is 0 Å². The number of unbranched alkanes of at least 4 members (excludes halogenated alkanes) is 4. The smallest absolute Gasteiger partial charge is 0.00772 e. The van der Waals surface area contributed by atoms with Crippen LogP contribution in [0.5, 0.6) is 0 Å². The predicted octanol–water partition coefficient (Wildman–Crippen LogP) is 1.09. The molecule has 0 amide bonds. The minimum absolute atomic E-state index is 0.733. The molecule has 0 saturated carbocycles. The molecule has 3 heteroatoms. The van der Waals surface area contributed by atoms with Crippen molar-refractivity contribution in [1.82, 2.24) is 10.6 Å². The second-order valence-electron chi connectivity index (χ2n) is 3.70. The van der Waals surface area contributed by atoms with E-state index >= 15 is 0 Å². The number of rotatable bonds is 11. The summed E-state index contributed by atoms with van der Waals surface area (Å²) in [6, 6.07) is 0. The highest BCUT2D eigenvalue weighted by molar-refractivity contribution is 4.53. The van der Waals surface area contributed by atoms with E-state index in [1.165, 1.54) is 32.1 Å². The third-order valence-corrected chi connectivity index (χ3v) is 2.26. The van der Waals surface area contributed by atoms with E-state index in [9.17, 15) is 0 Å². The molecule has 86 valence electrons. The van der Waals surface area contributed by atoms with Crippen LogP contribution in [0.25, 0.3) is 0 Å². The molecule has 4 N–H and O–H groups in total. The zero-order chi connectivity index (χ0) is 10.5. The van der Waals surface area contributed by atoms with E-state index in [1.807, 2.05) is 0 Å². The number of nitrogens with one attached hydrogen (secondary N) is 2. The topological polar surface area (TPSA) is 50.1 Å². The minimum atomic E-state index is 0.733. The van der Waals surface area contributed by atoms with Gasteiger partial charge in [-0.1, -0.05) is 32.6 Å². The van der Waals surface area contributed by atoms with E-state index in [-0.39, 0.29) is 0 Å². The Morgan fingerprint density at radius 3 is 2.07 bits per heavy atom. The lowest BCUT2D eigenvalue weighted by Crippen LogP contribution is -2.31. The van der Waals surface area contributed by atoms with Gasteiger partial charge in [0.2, 0.25) is 0 Å². The Hall–Kier alpha value is -0.120. The summed E-state index contributed by atoms with van der Waals surface area (Å²) < 4.78 is 0. The molecule has 3 nitrogen and oxygen atoms in total. The molecular weight excluding hydrogens is 174 g/mol. The van der Waals surface area contributed by atoms with Crippen LogP contribution in [0.15, 0.2) is 0 Å². The molecule has 0 fully saturated rings. The maximum atomic E-state index is 5.35. The number of hydrogen-bond donors (Lipinski definition) is 3. The van der Waals surface area contributed by atoms with Gasteiger partial charge >= 0.3 is 0 Å². The van der Waals surface area contributed by atoms with E-state index in [0.29, 0.717) is 0 Å². The predicted molar refractivity (Wildman–Crippen MR) is 63.6 cm³/mol. The third-order valence-electron chi connectivity index (χ3n) is 2.26. The van der Waals surface area contributed by atoms with Gasteiger partial charge in [0.15, 0.2) is 0 Å². The Balaban J connectivity index is 2.78. The SMILES string of the molecule is CCCCCCCNCCNCCN. The molecule has 0 radical (unpaired) electrons. The van der Waals surface area contributed by atoms with Gasteiger partial charge in [-0.3, -0.25) is 0 Å². The zero-order valence-corrected chi connectivity index (χ0v) is 9.65.